The second kappa shape index (κ2) is 21.0. The predicted molar refractivity (Wildman–Crippen MR) is 186 cm³/mol. The first-order valence-corrected chi connectivity index (χ1v) is 18.7. The number of unbranched alkanes of at least 4 members (excludes halogenated alkanes) is 6. The largest absolute Gasteiger partial charge is 0.494 e. The topological polar surface area (TPSA) is 77.4 Å². The Balaban J connectivity index is 1.00. The number of ether oxygens (including phenoxy) is 4. The molecule has 0 bridgehead atoms. The van der Waals surface area contributed by atoms with Gasteiger partial charge in [0.25, 0.3) is 0 Å². The van der Waals surface area contributed by atoms with Gasteiger partial charge in [-0.1, -0.05) is 63.8 Å². The number of hydrogen-bond donors (Lipinski definition) is 2. The number of aliphatic hydroxyl groups excluding tert-OH is 2. The molecule has 0 aliphatic carbocycles. The van der Waals surface area contributed by atoms with Gasteiger partial charge >= 0.3 is 0 Å². The maximum absolute atomic E-state index is 10.8. The molecule has 0 saturated carbocycles. The summed E-state index contributed by atoms with van der Waals surface area (Å²) in [6.07, 6.45) is 17.2. The summed E-state index contributed by atoms with van der Waals surface area (Å²) < 4.78 is 24.4. The molecule has 4 rings (SSSR count). The quantitative estimate of drug-likeness (QED) is 0.119. The third-order valence-electron chi connectivity index (χ3n) is 9.75. The van der Waals surface area contributed by atoms with Crippen LogP contribution < -0.4 is 9.47 Å². The number of aryl methyl sites for hydroxylation is 2. The standard InChI is InChI=1S/C40H62O6/c1-3-5-13-31-17-21-33(22-18-31)43-29-11-7-9-15-35(41)37-25-27-39(45-37)40-28-26-38(46-40)36(42)16-10-8-12-30-44-34-23-19-32(20-24-34)14-6-4-2/h17-24,35-42H,3-16,25-30H2,1-2H3/t35-,36-,37-,38-,39+,40+/m1/s1. The first-order valence-electron chi connectivity index (χ1n) is 18.7. The van der Waals surface area contributed by atoms with Gasteiger partial charge in [0.15, 0.2) is 0 Å². The molecule has 2 saturated heterocycles. The van der Waals surface area contributed by atoms with Gasteiger partial charge in [-0.2, -0.15) is 0 Å². The van der Waals surface area contributed by atoms with E-state index in [1.807, 2.05) is 0 Å². The molecule has 0 radical (unpaired) electrons. The van der Waals surface area contributed by atoms with Crippen LogP contribution >= 0.6 is 0 Å². The Kier molecular flexibility index (Phi) is 16.7. The van der Waals surface area contributed by atoms with Crippen LogP contribution in [0, 0.1) is 0 Å². The van der Waals surface area contributed by atoms with E-state index in [0.29, 0.717) is 13.2 Å². The van der Waals surface area contributed by atoms with Crippen LogP contribution in [0.4, 0.5) is 0 Å². The summed E-state index contributed by atoms with van der Waals surface area (Å²) in [6, 6.07) is 17.0. The van der Waals surface area contributed by atoms with Crippen molar-refractivity contribution >= 4 is 0 Å². The summed E-state index contributed by atoms with van der Waals surface area (Å²) in [4.78, 5) is 0. The van der Waals surface area contributed by atoms with E-state index >= 15 is 0 Å². The molecular formula is C40H62O6. The molecule has 0 spiro atoms. The molecule has 2 fully saturated rings. The monoisotopic (exact) mass is 638 g/mol. The normalized spacial score (nSPS) is 22.6. The zero-order chi connectivity index (χ0) is 32.4. The Hall–Kier alpha value is -2.12. The lowest BCUT2D eigenvalue weighted by Gasteiger charge is -2.24. The molecule has 6 heteroatoms. The van der Waals surface area contributed by atoms with Gasteiger partial charge in [-0.3, -0.25) is 0 Å². The lowest BCUT2D eigenvalue weighted by molar-refractivity contribution is -0.110. The molecule has 2 aliphatic rings. The van der Waals surface area contributed by atoms with Gasteiger partial charge in [0.2, 0.25) is 0 Å². The lowest BCUT2D eigenvalue weighted by atomic mass is 10.0. The molecule has 2 aromatic carbocycles. The van der Waals surface area contributed by atoms with Crippen molar-refractivity contribution in [3.05, 3.63) is 59.7 Å². The van der Waals surface area contributed by atoms with Gasteiger partial charge in [-0.05, 0) is 125 Å². The summed E-state index contributed by atoms with van der Waals surface area (Å²) in [5, 5.41) is 21.6. The van der Waals surface area contributed by atoms with Crippen LogP contribution in [0.25, 0.3) is 0 Å². The fraction of sp³-hybridized carbons (Fsp3) is 0.700. The maximum atomic E-state index is 10.8. The average molecular weight is 639 g/mol. The Morgan fingerprint density at radius 1 is 0.565 bits per heavy atom. The molecule has 2 N–H and O–H groups in total. The smallest absolute Gasteiger partial charge is 0.119 e. The van der Waals surface area contributed by atoms with Crippen LogP contribution in [0.5, 0.6) is 11.5 Å². The Labute approximate surface area is 279 Å². The second-order valence-electron chi connectivity index (χ2n) is 13.6. The van der Waals surface area contributed by atoms with E-state index < -0.39 is 12.2 Å². The van der Waals surface area contributed by atoms with Crippen molar-refractivity contribution in [2.75, 3.05) is 13.2 Å². The third-order valence-corrected chi connectivity index (χ3v) is 9.75. The Morgan fingerprint density at radius 2 is 0.978 bits per heavy atom. The molecule has 258 valence electrons. The molecule has 6 atom stereocenters. The van der Waals surface area contributed by atoms with Crippen LogP contribution in [0.3, 0.4) is 0 Å². The molecule has 0 amide bonds. The summed E-state index contributed by atoms with van der Waals surface area (Å²) in [5.41, 5.74) is 2.75. The van der Waals surface area contributed by atoms with E-state index in [-0.39, 0.29) is 24.4 Å². The van der Waals surface area contributed by atoms with Crippen molar-refractivity contribution in [1.82, 2.24) is 0 Å². The minimum Gasteiger partial charge on any atom is -0.494 e. The SMILES string of the molecule is CCCCc1ccc(OCCCCC[C@@H](O)[C@H]2CC[C@@H]([C@@H]3CC[C@H]([C@H](O)CCCCCOc4ccc(CCCC)cc4)O3)O2)cc1. The van der Waals surface area contributed by atoms with Gasteiger partial charge in [-0.15, -0.1) is 0 Å². The van der Waals surface area contributed by atoms with E-state index in [9.17, 15) is 10.2 Å². The van der Waals surface area contributed by atoms with E-state index in [0.717, 1.165) is 101 Å². The highest BCUT2D eigenvalue weighted by Crippen LogP contribution is 2.34. The summed E-state index contributed by atoms with van der Waals surface area (Å²) in [6.45, 7) is 5.86. The molecule has 46 heavy (non-hydrogen) atoms. The van der Waals surface area contributed by atoms with Crippen molar-refractivity contribution in [2.24, 2.45) is 0 Å². The summed E-state index contributed by atoms with van der Waals surface area (Å²) >= 11 is 0. The molecule has 2 aromatic rings. The van der Waals surface area contributed by atoms with E-state index in [1.165, 1.54) is 36.8 Å². The summed E-state index contributed by atoms with van der Waals surface area (Å²) in [5.74, 6) is 1.88. The minimum absolute atomic E-state index is 0.0245. The van der Waals surface area contributed by atoms with Crippen LogP contribution in [0.1, 0.15) is 128 Å². The zero-order valence-electron chi connectivity index (χ0n) is 28.8. The van der Waals surface area contributed by atoms with Crippen molar-refractivity contribution in [3.8, 4) is 11.5 Å². The first kappa shape index (κ1) is 36.7. The van der Waals surface area contributed by atoms with Crippen molar-refractivity contribution < 1.29 is 29.2 Å². The molecule has 0 unspecified atom stereocenters. The molecule has 2 aliphatic heterocycles. The third kappa shape index (κ3) is 12.8. The highest BCUT2D eigenvalue weighted by molar-refractivity contribution is 5.28. The molecule has 2 heterocycles. The predicted octanol–water partition coefficient (Wildman–Crippen LogP) is 8.77. The van der Waals surface area contributed by atoms with Gasteiger partial charge in [0, 0.05) is 0 Å². The van der Waals surface area contributed by atoms with Gasteiger partial charge in [0.05, 0.1) is 49.8 Å². The minimum atomic E-state index is -0.432. The highest BCUT2D eigenvalue weighted by Gasteiger charge is 2.40. The number of benzene rings is 2. The van der Waals surface area contributed by atoms with Crippen LogP contribution in [0.2, 0.25) is 0 Å². The lowest BCUT2D eigenvalue weighted by Crippen LogP contribution is -2.33. The van der Waals surface area contributed by atoms with Gasteiger partial charge in [0.1, 0.15) is 11.5 Å². The molecular weight excluding hydrogens is 576 g/mol. The molecule has 0 aromatic heterocycles. The molecule has 6 nitrogen and oxygen atoms in total. The average Bonchev–Trinajstić information content (AvgIpc) is 3.78. The Morgan fingerprint density at radius 3 is 1.37 bits per heavy atom. The van der Waals surface area contributed by atoms with E-state index in [1.54, 1.807) is 0 Å². The first-order chi connectivity index (χ1) is 22.6. The van der Waals surface area contributed by atoms with Crippen LogP contribution in [0.15, 0.2) is 48.5 Å². The number of hydrogen-bond acceptors (Lipinski definition) is 6. The summed E-state index contributed by atoms with van der Waals surface area (Å²) in [7, 11) is 0. The van der Waals surface area contributed by atoms with Gasteiger partial charge in [-0.25, -0.2) is 0 Å². The van der Waals surface area contributed by atoms with Gasteiger partial charge < -0.3 is 29.2 Å². The Bertz CT molecular complexity index is 971. The van der Waals surface area contributed by atoms with Crippen molar-refractivity contribution in [2.45, 2.75) is 166 Å². The van der Waals surface area contributed by atoms with Crippen LogP contribution in [-0.4, -0.2) is 60.1 Å². The van der Waals surface area contributed by atoms with E-state index in [2.05, 4.69) is 62.4 Å². The van der Waals surface area contributed by atoms with E-state index in [4.69, 9.17) is 18.9 Å². The number of rotatable bonds is 23. The maximum Gasteiger partial charge on any atom is 0.119 e. The van der Waals surface area contributed by atoms with Crippen molar-refractivity contribution in [1.29, 1.82) is 0 Å². The number of aliphatic hydroxyl groups is 2. The van der Waals surface area contributed by atoms with Crippen LogP contribution in [-0.2, 0) is 22.3 Å². The second-order valence-corrected chi connectivity index (χ2v) is 13.6. The highest BCUT2D eigenvalue weighted by atomic mass is 16.6. The van der Waals surface area contributed by atoms with Crippen molar-refractivity contribution in [3.63, 3.8) is 0 Å². The fourth-order valence-corrected chi connectivity index (χ4v) is 6.77. The fourth-order valence-electron chi connectivity index (χ4n) is 6.77. The zero-order valence-corrected chi connectivity index (χ0v) is 28.8.